The van der Waals surface area contributed by atoms with Crippen LogP contribution in [-0.4, -0.2) is 22.0 Å². The number of unbranched alkanes of at least 4 members (excludes halogenated alkanes) is 1. The number of rotatable bonds is 6. The third kappa shape index (κ3) is 3.68. The van der Waals surface area contributed by atoms with Crippen molar-refractivity contribution in [1.82, 2.24) is 9.55 Å². The smallest absolute Gasteiger partial charge is 0.221 e. The highest BCUT2D eigenvalue weighted by molar-refractivity contribution is 5.88. The van der Waals surface area contributed by atoms with Crippen molar-refractivity contribution in [3.05, 3.63) is 36.7 Å². The summed E-state index contributed by atoms with van der Waals surface area (Å²) >= 11 is 0. The molecule has 0 saturated carbocycles. The van der Waals surface area contributed by atoms with Crippen molar-refractivity contribution in [2.45, 2.75) is 26.3 Å². The van der Waals surface area contributed by atoms with Gasteiger partial charge in [0.1, 0.15) is 5.82 Å². The standard InChI is InChI=1S/C15H20N4O/c1-12(20)18-14-6-4-13(5-7-14)15-17-9-11-19(15)10-3-2-8-16/h4-7,9,11H,2-3,8,10,16H2,1H3,(H,18,20). The molecule has 2 aromatic rings. The molecule has 0 aliphatic heterocycles. The Morgan fingerprint density at radius 2 is 2.05 bits per heavy atom. The fraction of sp³-hybridized carbons (Fsp3) is 0.333. The Labute approximate surface area is 118 Å². The summed E-state index contributed by atoms with van der Waals surface area (Å²) in [6.07, 6.45) is 5.84. The quantitative estimate of drug-likeness (QED) is 0.792. The molecule has 0 fully saturated rings. The normalized spacial score (nSPS) is 10.5. The minimum atomic E-state index is -0.0685. The minimum Gasteiger partial charge on any atom is -0.331 e. The van der Waals surface area contributed by atoms with E-state index in [-0.39, 0.29) is 5.91 Å². The lowest BCUT2D eigenvalue weighted by molar-refractivity contribution is -0.114. The zero-order valence-electron chi connectivity index (χ0n) is 11.7. The van der Waals surface area contributed by atoms with Gasteiger partial charge in [0, 0.05) is 37.1 Å². The Bertz CT molecular complexity index is 560. The van der Waals surface area contributed by atoms with Gasteiger partial charge in [-0.05, 0) is 43.7 Å². The van der Waals surface area contributed by atoms with Crippen molar-refractivity contribution in [1.29, 1.82) is 0 Å². The summed E-state index contributed by atoms with van der Waals surface area (Å²) in [5, 5.41) is 2.75. The first kappa shape index (κ1) is 14.3. The summed E-state index contributed by atoms with van der Waals surface area (Å²) in [7, 11) is 0. The molecule has 0 spiro atoms. The van der Waals surface area contributed by atoms with Gasteiger partial charge < -0.3 is 15.6 Å². The third-order valence-electron chi connectivity index (χ3n) is 3.03. The van der Waals surface area contributed by atoms with Crippen molar-refractivity contribution in [2.75, 3.05) is 11.9 Å². The Hall–Kier alpha value is -2.14. The number of aromatic nitrogens is 2. The molecule has 0 aliphatic rings. The number of aryl methyl sites for hydroxylation is 1. The van der Waals surface area contributed by atoms with E-state index in [1.807, 2.05) is 30.5 Å². The lowest BCUT2D eigenvalue weighted by Crippen LogP contribution is -2.06. The van der Waals surface area contributed by atoms with Gasteiger partial charge in [-0.25, -0.2) is 4.98 Å². The molecule has 5 nitrogen and oxygen atoms in total. The van der Waals surface area contributed by atoms with Crippen LogP contribution in [0.1, 0.15) is 19.8 Å². The first-order chi connectivity index (χ1) is 9.70. The van der Waals surface area contributed by atoms with Gasteiger partial charge in [-0.3, -0.25) is 4.79 Å². The number of carbonyl (C=O) groups excluding carboxylic acids is 1. The molecule has 1 aromatic heterocycles. The first-order valence-electron chi connectivity index (χ1n) is 6.80. The van der Waals surface area contributed by atoms with Crippen LogP contribution < -0.4 is 11.1 Å². The molecular formula is C15H20N4O. The highest BCUT2D eigenvalue weighted by Gasteiger charge is 2.06. The number of nitrogens with zero attached hydrogens (tertiary/aromatic N) is 2. The van der Waals surface area contributed by atoms with Gasteiger partial charge in [-0.15, -0.1) is 0 Å². The zero-order chi connectivity index (χ0) is 14.4. The SMILES string of the molecule is CC(=O)Nc1ccc(-c2nccn2CCCCN)cc1. The van der Waals surface area contributed by atoms with Crippen LogP contribution in [-0.2, 0) is 11.3 Å². The molecule has 20 heavy (non-hydrogen) atoms. The molecule has 5 heteroatoms. The van der Waals surface area contributed by atoms with E-state index in [9.17, 15) is 4.79 Å². The fourth-order valence-electron chi connectivity index (χ4n) is 2.08. The van der Waals surface area contributed by atoms with Crippen LogP contribution in [0.2, 0.25) is 0 Å². The molecule has 1 amide bonds. The van der Waals surface area contributed by atoms with Gasteiger partial charge >= 0.3 is 0 Å². The van der Waals surface area contributed by atoms with E-state index in [4.69, 9.17) is 5.73 Å². The monoisotopic (exact) mass is 272 g/mol. The minimum absolute atomic E-state index is 0.0685. The molecule has 0 bridgehead atoms. The first-order valence-corrected chi connectivity index (χ1v) is 6.80. The lowest BCUT2D eigenvalue weighted by Gasteiger charge is -2.08. The second-order valence-corrected chi connectivity index (χ2v) is 4.70. The van der Waals surface area contributed by atoms with Crippen molar-refractivity contribution < 1.29 is 4.79 Å². The van der Waals surface area contributed by atoms with Crippen LogP contribution in [0.25, 0.3) is 11.4 Å². The molecule has 1 heterocycles. The number of hydrogen-bond acceptors (Lipinski definition) is 3. The Morgan fingerprint density at radius 3 is 2.70 bits per heavy atom. The van der Waals surface area contributed by atoms with Crippen LogP contribution in [0, 0.1) is 0 Å². The third-order valence-corrected chi connectivity index (χ3v) is 3.03. The number of nitrogens with one attached hydrogen (secondary N) is 1. The number of hydrogen-bond donors (Lipinski definition) is 2. The van der Waals surface area contributed by atoms with Crippen molar-refractivity contribution in [3.63, 3.8) is 0 Å². The molecule has 3 N–H and O–H groups in total. The summed E-state index contributed by atoms with van der Waals surface area (Å²) < 4.78 is 2.13. The Balaban J connectivity index is 2.11. The van der Waals surface area contributed by atoms with Gasteiger partial charge in [0.25, 0.3) is 0 Å². The van der Waals surface area contributed by atoms with E-state index in [1.165, 1.54) is 6.92 Å². The number of carbonyl (C=O) groups is 1. The summed E-state index contributed by atoms with van der Waals surface area (Å²) in [6.45, 7) is 3.13. The second-order valence-electron chi connectivity index (χ2n) is 4.70. The van der Waals surface area contributed by atoms with Gasteiger partial charge in [0.05, 0.1) is 0 Å². The van der Waals surface area contributed by atoms with Crippen molar-refractivity contribution in [2.24, 2.45) is 5.73 Å². The van der Waals surface area contributed by atoms with Crippen molar-refractivity contribution >= 4 is 11.6 Å². The summed E-state index contributed by atoms with van der Waals surface area (Å²) in [5.41, 5.74) is 7.35. The van der Waals surface area contributed by atoms with Gasteiger partial charge in [-0.1, -0.05) is 0 Å². The predicted octanol–water partition coefficient (Wildman–Crippen LogP) is 2.25. The molecule has 0 saturated heterocycles. The number of benzene rings is 1. The number of imidazole rings is 1. The maximum absolute atomic E-state index is 11.0. The van der Waals surface area contributed by atoms with Gasteiger partial charge in [0.2, 0.25) is 5.91 Å². The van der Waals surface area contributed by atoms with Crippen LogP contribution in [0.4, 0.5) is 5.69 Å². The van der Waals surface area contributed by atoms with Gasteiger partial charge in [-0.2, -0.15) is 0 Å². The van der Waals surface area contributed by atoms with Crippen LogP contribution in [0.5, 0.6) is 0 Å². The molecule has 0 unspecified atom stereocenters. The van der Waals surface area contributed by atoms with E-state index in [0.717, 1.165) is 43.0 Å². The highest BCUT2D eigenvalue weighted by atomic mass is 16.1. The van der Waals surface area contributed by atoms with E-state index in [0.29, 0.717) is 0 Å². The second kappa shape index (κ2) is 6.86. The van der Waals surface area contributed by atoms with E-state index < -0.39 is 0 Å². The van der Waals surface area contributed by atoms with Crippen LogP contribution >= 0.6 is 0 Å². The molecular weight excluding hydrogens is 252 g/mol. The number of nitrogens with two attached hydrogens (primary N) is 1. The Kier molecular flexibility index (Phi) is 4.90. The zero-order valence-corrected chi connectivity index (χ0v) is 11.7. The average molecular weight is 272 g/mol. The summed E-state index contributed by atoms with van der Waals surface area (Å²) in [6, 6.07) is 7.70. The molecule has 1 aromatic carbocycles. The summed E-state index contributed by atoms with van der Waals surface area (Å²) in [5.74, 6) is 0.873. The number of amides is 1. The summed E-state index contributed by atoms with van der Waals surface area (Å²) in [4.78, 5) is 15.4. The average Bonchev–Trinajstić information content (AvgIpc) is 2.88. The Morgan fingerprint density at radius 1 is 1.30 bits per heavy atom. The molecule has 0 radical (unpaired) electrons. The lowest BCUT2D eigenvalue weighted by atomic mass is 10.2. The van der Waals surface area contributed by atoms with Crippen LogP contribution in [0.15, 0.2) is 36.7 Å². The largest absolute Gasteiger partial charge is 0.331 e. The fourth-order valence-corrected chi connectivity index (χ4v) is 2.08. The van der Waals surface area contributed by atoms with E-state index in [2.05, 4.69) is 14.9 Å². The van der Waals surface area contributed by atoms with E-state index in [1.54, 1.807) is 6.20 Å². The molecule has 0 aliphatic carbocycles. The van der Waals surface area contributed by atoms with Crippen molar-refractivity contribution in [3.8, 4) is 11.4 Å². The predicted molar refractivity (Wildman–Crippen MR) is 80.3 cm³/mol. The van der Waals surface area contributed by atoms with E-state index >= 15 is 0 Å². The maximum Gasteiger partial charge on any atom is 0.221 e. The highest BCUT2D eigenvalue weighted by Crippen LogP contribution is 2.20. The molecule has 106 valence electrons. The van der Waals surface area contributed by atoms with Gasteiger partial charge in [0.15, 0.2) is 0 Å². The molecule has 2 rings (SSSR count). The maximum atomic E-state index is 11.0. The number of anilines is 1. The topological polar surface area (TPSA) is 72.9 Å². The molecule has 0 atom stereocenters. The van der Waals surface area contributed by atoms with Crippen LogP contribution in [0.3, 0.4) is 0 Å².